The van der Waals surface area contributed by atoms with E-state index in [9.17, 15) is 9.90 Å². The van der Waals surface area contributed by atoms with E-state index in [4.69, 9.17) is 9.52 Å². The molecular weight excluding hydrogens is 308 g/mol. The predicted molar refractivity (Wildman–Crippen MR) is 92.2 cm³/mol. The number of carbonyl (C=O) groups is 1. The van der Waals surface area contributed by atoms with Crippen molar-refractivity contribution < 1.29 is 19.4 Å². The number of furan rings is 1. The van der Waals surface area contributed by atoms with Gasteiger partial charge in [0.25, 0.3) is 5.91 Å². The van der Waals surface area contributed by atoms with E-state index < -0.39 is 6.10 Å². The van der Waals surface area contributed by atoms with Crippen molar-refractivity contribution >= 4 is 28.3 Å². The van der Waals surface area contributed by atoms with E-state index in [1.807, 2.05) is 24.3 Å². The van der Waals surface area contributed by atoms with Crippen LogP contribution in [0.1, 0.15) is 10.6 Å². The number of aliphatic hydroxyl groups is 2. The Morgan fingerprint density at radius 3 is 2.67 bits per heavy atom. The quantitative estimate of drug-likeness (QED) is 0.558. The number of benzene rings is 2. The molecule has 1 heterocycles. The van der Waals surface area contributed by atoms with Gasteiger partial charge < -0.3 is 25.3 Å². The van der Waals surface area contributed by atoms with E-state index >= 15 is 0 Å². The molecule has 1 unspecified atom stereocenters. The molecule has 0 saturated heterocycles. The van der Waals surface area contributed by atoms with Crippen molar-refractivity contribution in [2.75, 3.05) is 23.8 Å². The van der Waals surface area contributed by atoms with Crippen molar-refractivity contribution in [3.8, 4) is 0 Å². The summed E-state index contributed by atoms with van der Waals surface area (Å²) in [5.41, 5.74) is 1.99. The summed E-state index contributed by atoms with van der Waals surface area (Å²) in [6.45, 7) is -0.0903. The second-order valence-corrected chi connectivity index (χ2v) is 5.40. The molecule has 0 spiro atoms. The van der Waals surface area contributed by atoms with Crippen LogP contribution < -0.4 is 10.6 Å². The minimum Gasteiger partial charge on any atom is -0.451 e. The first-order chi connectivity index (χ1) is 11.7. The topological polar surface area (TPSA) is 94.7 Å². The monoisotopic (exact) mass is 326 g/mol. The maximum atomic E-state index is 12.3. The third-order valence-electron chi connectivity index (χ3n) is 3.52. The molecule has 0 aliphatic carbocycles. The number of aliphatic hydroxyl groups excluding tert-OH is 2. The van der Waals surface area contributed by atoms with Crippen LogP contribution in [-0.2, 0) is 0 Å². The summed E-state index contributed by atoms with van der Waals surface area (Å²) < 4.78 is 5.54. The van der Waals surface area contributed by atoms with Gasteiger partial charge in [-0.2, -0.15) is 0 Å². The number of carbonyl (C=O) groups excluding carboxylic acids is 1. The van der Waals surface area contributed by atoms with Crippen LogP contribution in [0.15, 0.2) is 59.0 Å². The first-order valence-electron chi connectivity index (χ1n) is 7.58. The molecule has 0 radical (unpaired) electrons. The summed E-state index contributed by atoms with van der Waals surface area (Å²) in [5, 5.41) is 24.8. The highest BCUT2D eigenvalue weighted by atomic mass is 16.3. The predicted octanol–water partition coefficient (Wildman–Crippen LogP) is 2.45. The molecule has 4 N–H and O–H groups in total. The number of nitrogens with one attached hydrogen (secondary N) is 2. The molecule has 3 rings (SSSR count). The molecule has 2 aromatic carbocycles. The SMILES string of the molecule is O=C(Nc1cccc(NCC(O)CO)c1)c1cc2ccccc2o1. The van der Waals surface area contributed by atoms with Gasteiger partial charge in [-0.15, -0.1) is 0 Å². The summed E-state index contributed by atoms with van der Waals surface area (Å²) in [7, 11) is 0. The molecular formula is C18H18N2O4. The Bertz CT molecular complexity index is 811. The molecule has 1 atom stereocenters. The third-order valence-corrected chi connectivity index (χ3v) is 3.52. The molecule has 0 aliphatic heterocycles. The van der Waals surface area contributed by atoms with Gasteiger partial charge in [-0.3, -0.25) is 4.79 Å². The number of para-hydroxylation sites is 1. The molecule has 24 heavy (non-hydrogen) atoms. The zero-order valence-corrected chi connectivity index (χ0v) is 12.9. The fourth-order valence-corrected chi connectivity index (χ4v) is 2.29. The molecule has 0 bridgehead atoms. The van der Waals surface area contributed by atoms with Crippen molar-refractivity contribution in [2.45, 2.75) is 6.10 Å². The number of rotatable bonds is 6. The van der Waals surface area contributed by atoms with Crippen LogP contribution in [0.2, 0.25) is 0 Å². The van der Waals surface area contributed by atoms with Gasteiger partial charge in [0, 0.05) is 23.3 Å². The van der Waals surface area contributed by atoms with E-state index in [2.05, 4.69) is 10.6 Å². The summed E-state index contributed by atoms with van der Waals surface area (Å²) in [5.74, 6) is -0.0935. The first-order valence-corrected chi connectivity index (χ1v) is 7.58. The molecule has 3 aromatic rings. The Kier molecular flexibility index (Phi) is 4.79. The Balaban J connectivity index is 1.69. The molecule has 6 nitrogen and oxygen atoms in total. The number of hydrogen-bond acceptors (Lipinski definition) is 5. The second-order valence-electron chi connectivity index (χ2n) is 5.40. The van der Waals surface area contributed by atoms with Crippen molar-refractivity contribution in [1.29, 1.82) is 0 Å². The van der Waals surface area contributed by atoms with Crippen LogP contribution in [0.25, 0.3) is 11.0 Å². The first kappa shape index (κ1) is 16.0. The van der Waals surface area contributed by atoms with Gasteiger partial charge in [0.2, 0.25) is 0 Å². The maximum absolute atomic E-state index is 12.3. The zero-order chi connectivity index (χ0) is 16.9. The highest BCUT2D eigenvalue weighted by Crippen LogP contribution is 2.21. The van der Waals surface area contributed by atoms with E-state index in [0.29, 0.717) is 11.3 Å². The van der Waals surface area contributed by atoms with E-state index in [1.54, 1.807) is 30.3 Å². The molecule has 1 amide bonds. The third kappa shape index (κ3) is 3.73. The highest BCUT2D eigenvalue weighted by molar-refractivity contribution is 6.04. The smallest absolute Gasteiger partial charge is 0.291 e. The number of hydrogen-bond donors (Lipinski definition) is 4. The molecule has 0 fully saturated rings. The average Bonchev–Trinajstić information content (AvgIpc) is 3.04. The Morgan fingerprint density at radius 2 is 1.88 bits per heavy atom. The Hall–Kier alpha value is -2.83. The van der Waals surface area contributed by atoms with E-state index in [1.165, 1.54) is 0 Å². The standard InChI is InChI=1S/C18H18N2O4/c21-11-15(22)10-19-13-5-3-6-14(9-13)20-18(23)17-8-12-4-1-2-7-16(12)24-17/h1-9,15,19,21-22H,10-11H2,(H,20,23). The van der Waals surface area contributed by atoms with Crippen LogP contribution in [0.5, 0.6) is 0 Å². The lowest BCUT2D eigenvalue weighted by Gasteiger charge is -2.11. The molecule has 0 saturated carbocycles. The normalized spacial score (nSPS) is 12.1. The number of amides is 1. The summed E-state index contributed by atoms with van der Waals surface area (Å²) in [6.07, 6.45) is -0.834. The highest BCUT2D eigenvalue weighted by Gasteiger charge is 2.12. The maximum Gasteiger partial charge on any atom is 0.291 e. The zero-order valence-electron chi connectivity index (χ0n) is 12.9. The van der Waals surface area contributed by atoms with Gasteiger partial charge in [0.15, 0.2) is 5.76 Å². The largest absolute Gasteiger partial charge is 0.451 e. The van der Waals surface area contributed by atoms with E-state index in [0.717, 1.165) is 11.1 Å². The number of anilines is 2. The Morgan fingerprint density at radius 1 is 1.08 bits per heavy atom. The molecule has 1 aromatic heterocycles. The number of fused-ring (bicyclic) bond motifs is 1. The van der Waals surface area contributed by atoms with Gasteiger partial charge in [0.05, 0.1) is 12.7 Å². The summed E-state index contributed by atoms with van der Waals surface area (Å²) in [4.78, 5) is 12.3. The Labute approximate surface area is 138 Å². The van der Waals surface area contributed by atoms with Crippen molar-refractivity contribution in [1.82, 2.24) is 0 Å². The average molecular weight is 326 g/mol. The minimum atomic E-state index is -0.834. The lowest BCUT2D eigenvalue weighted by molar-refractivity contribution is 0.0998. The lowest BCUT2D eigenvalue weighted by atomic mass is 10.2. The van der Waals surface area contributed by atoms with Crippen molar-refractivity contribution in [2.24, 2.45) is 0 Å². The van der Waals surface area contributed by atoms with Crippen molar-refractivity contribution in [3.05, 3.63) is 60.4 Å². The van der Waals surface area contributed by atoms with Gasteiger partial charge >= 0.3 is 0 Å². The lowest BCUT2D eigenvalue weighted by Crippen LogP contribution is -2.23. The van der Waals surface area contributed by atoms with Gasteiger partial charge in [-0.05, 0) is 30.3 Å². The van der Waals surface area contributed by atoms with E-state index in [-0.39, 0.29) is 24.8 Å². The summed E-state index contributed by atoms with van der Waals surface area (Å²) in [6, 6.07) is 16.2. The van der Waals surface area contributed by atoms with Crippen LogP contribution >= 0.6 is 0 Å². The van der Waals surface area contributed by atoms with Crippen LogP contribution in [-0.4, -0.2) is 35.4 Å². The summed E-state index contributed by atoms with van der Waals surface area (Å²) >= 11 is 0. The van der Waals surface area contributed by atoms with Crippen LogP contribution in [0, 0.1) is 0 Å². The van der Waals surface area contributed by atoms with Crippen LogP contribution in [0.3, 0.4) is 0 Å². The minimum absolute atomic E-state index is 0.220. The van der Waals surface area contributed by atoms with Gasteiger partial charge in [0.1, 0.15) is 5.58 Å². The second kappa shape index (κ2) is 7.16. The fraction of sp³-hybridized carbons (Fsp3) is 0.167. The molecule has 0 aliphatic rings. The van der Waals surface area contributed by atoms with Gasteiger partial charge in [-0.25, -0.2) is 0 Å². The molecule has 6 heteroatoms. The van der Waals surface area contributed by atoms with Crippen molar-refractivity contribution in [3.63, 3.8) is 0 Å². The van der Waals surface area contributed by atoms with Gasteiger partial charge in [-0.1, -0.05) is 24.3 Å². The molecule has 124 valence electrons. The van der Waals surface area contributed by atoms with Crippen LogP contribution in [0.4, 0.5) is 11.4 Å². The fourth-order valence-electron chi connectivity index (χ4n) is 2.29.